The molecule has 0 aromatic heterocycles. The number of rotatable bonds is 5. The van der Waals surface area contributed by atoms with E-state index < -0.39 is 0 Å². The number of anilines is 1. The first-order chi connectivity index (χ1) is 12.6. The van der Waals surface area contributed by atoms with E-state index in [0.29, 0.717) is 31.0 Å². The zero-order chi connectivity index (χ0) is 18.5. The maximum Gasteiger partial charge on any atom is 0.282 e. The zero-order valence-electron chi connectivity index (χ0n) is 14.9. The fourth-order valence-corrected chi connectivity index (χ4v) is 2.78. The van der Waals surface area contributed by atoms with Gasteiger partial charge in [0.05, 0.1) is 18.7 Å². The van der Waals surface area contributed by atoms with Gasteiger partial charge in [0.15, 0.2) is 17.5 Å². The van der Waals surface area contributed by atoms with Crippen molar-refractivity contribution in [3.63, 3.8) is 0 Å². The highest BCUT2D eigenvalue weighted by molar-refractivity contribution is 5.93. The summed E-state index contributed by atoms with van der Waals surface area (Å²) in [5.41, 5.74) is 2.34. The maximum absolute atomic E-state index is 12.5. The molecular weight excluding hydrogens is 330 g/mol. The van der Waals surface area contributed by atoms with E-state index >= 15 is 0 Å². The molecule has 0 spiro atoms. The van der Waals surface area contributed by atoms with Crippen molar-refractivity contribution in [2.45, 2.75) is 19.5 Å². The lowest BCUT2D eigenvalue weighted by atomic mass is 10.1. The molecule has 2 aromatic carbocycles. The smallest absolute Gasteiger partial charge is 0.282 e. The van der Waals surface area contributed by atoms with Crippen LogP contribution in [0.3, 0.4) is 0 Å². The van der Waals surface area contributed by atoms with Crippen molar-refractivity contribution >= 4 is 11.6 Å². The van der Waals surface area contributed by atoms with E-state index in [1.165, 1.54) is 0 Å². The number of ether oxygens (including phenoxy) is 2. The summed E-state index contributed by atoms with van der Waals surface area (Å²) < 4.78 is 11.2. The number of likely N-dealkylation sites (N-methyl/N-ethyl adjacent to an activating group) is 1. The second-order valence-electron chi connectivity index (χ2n) is 6.40. The summed E-state index contributed by atoms with van der Waals surface area (Å²) in [5.74, 6) is 1.46. The topological polar surface area (TPSA) is 75.8 Å². The Morgan fingerprint density at radius 1 is 1.19 bits per heavy atom. The first-order valence-corrected chi connectivity index (χ1v) is 8.58. The van der Waals surface area contributed by atoms with Crippen molar-refractivity contribution in [3.8, 4) is 17.6 Å². The molecule has 2 N–H and O–H groups in total. The summed E-state index contributed by atoms with van der Waals surface area (Å²) in [5, 5.41) is 11.7. The number of carbonyl (C=O) groups excluding carboxylic acids is 1. The zero-order valence-corrected chi connectivity index (χ0v) is 14.9. The molecule has 6 nitrogen and oxygen atoms in total. The Kier molecular flexibility index (Phi) is 5.40. The van der Waals surface area contributed by atoms with Crippen LogP contribution in [-0.2, 0) is 11.3 Å². The standard InChI is InChI=1S/C20H21N3O3/c1-14(20(24)22-17-6-3-15(12-21)4-7-17)23(2)13-16-5-8-18-19(11-16)26-10-9-25-18/h3-8,11,14H,9-10,13H2,1-2H3,(H,22,24)/p+1/t14-/m1/s1. The van der Waals surface area contributed by atoms with Gasteiger partial charge in [0.1, 0.15) is 19.8 Å². The van der Waals surface area contributed by atoms with E-state index in [0.717, 1.165) is 22.0 Å². The van der Waals surface area contributed by atoms with Gasteiger partial charge in [0.25, 0.3) is 5.91 Å². The highest BCUT2D eigenvalue weighted by atomic mass is 16.6. The lowest BCUT2D eigenvalue weighted by molar-refractivity contribution is -0.907. The van der Waals surface area contributed by atoms with E-state index in [1.54, 1.807) is 24.3 Å². The van der Waals surface area contributed by atoms with Crippen LogP contribution in [0.25, 0.3) is 0 Å². The lowest BCUT2D eigenvalue weighted by Crippen LogP contribution is -3.12. The average Bonchev–Trinajstić information content (AvgIpc) is 2.67. The highest BCUT2D eigenvalue weighted by Gasteiger charge is 2.23. The average molecular weight is 352 g/mol. The van der Waals surface area contributed by atoms with Crippen molar-refractivity contribution in [1.29, 1.82) is 5.26 Å². The molecule has 0 saturated heterocycles. The molecule has 1 amide bonds. The minimum atomic E-state index is -0.237. The van der Waals surface area contributed by atoms with Crippen molar-refractivity contribution in [2.75, 3.05) is 25.6 Å². The first kappa shape index (κ1) is 17.8. The molecule has 26 heavy (non-hydrogen) atoms. The van der Waals surface area contributed by atoms with Crippen LogP contribution in [0, 0.1) is 11.3 Å². The van der Waals surface area contributed by atoms with Crippen molar-refractivity contribution < 1.29 is 19.2 Å². The molecular formula is C20H22N3O3+. The van der Waals surface area contributed by atoms with E-state index in [1.807, 2.05) is 32.2 Å². The van der Waals surface area contributed by atoms with Gasteiger partial charge in [-0.2, -0.15) is 5.26 Å². The number of quaternary nitrogens is 1. The van der Waals surface area contributed by atoms with Crippen LogP contribution in [0.5, 0.6) is 11.5 Å². The second kappa shape index (κ2) is 7.89. The molecule has 1 aliphatic heterocycles. The normalized spacial score (nSPS) is 14.8. The number of amides is 1. The number of hydrogen-bond acceptors (Lipinski definition) is 4. The number of hydrogen-bond donors (Lipinski definition) is 2. The predicted molar refractivity (Wildman–Crippen MR) is 97.3 cm³/mol. The third kappa shape index (κ3) is 4.13. The summed E-state index contributed by atoms with van der Waals surface area (Å²) in [6.07, 6.45) is 0. The van der Waals surface area contributed by atoms with Crippen molar-refractivity contribution in [2.24, 2.45) is 0 Å². The number of nitrogens with one attached hydrogen (secondary N) is 2. The number of fused-ring (bicyclic) bond motifs is 1. The van der Waals surface area contributed by atoms with Crippen LogP contribution in [-0.4, -0.2) is 32.2 Å². The Bertz CT molecular complexity index is 827. The van der Waals surface area contributed by atoms with Crippen molar-refractivity contribution in [1.82, 2.24) is 0 Å². The number of nitriles is 1. The van der Waals surface area contributed by atoms with Crippen LogP contribution in [0.15, 0.2) is 42.5 Å². The van der Waals surface area contributed by atoms with Gasteiger partial charge in [-0.25, -0.2) is 0 Å². The molecule has 0 bridgehead atoms. The van der Waals surface area contributed by atoms with Crippen LogP contribution in [0.2, 0.25) is 0 Å². The van der Waals surface area contributed by atoms with Gasteiger partial charge in [-0.3, -0.25) is 4.79 Å². The van der Waals surface area contributed by atoms with Gasteiger partial charge in [-0.1, -0.05) is 0 Å². The van der Waals surface area contributed by atoms with Crippen LogP contribution >= 0.6 is 0 Å². The largest absolute Gasteiger partial charge is 0.486 e. The molecule has 1 unspecified atom stereocenters. The fraction of sp³-hybridized carbons (Fsp3) is 0.300. The summed E-state index contributed by atoms with van der Waals surface area (Å²) in [6, 6.07) is 14.6. The predicted octanol–water partition coefficient (Wildman–Crippen LogP) is 1.37. The van der Waals surface area contributed by atoms with E-state index in [-0.39, 0.29) is 11.9 Å². The van der Waals surface area contributed by atoms with Gasteiger partial charge in [-0.05, 0) is 49.4 Å². The molecule has 134 valence electrons. The summed E-state index contributed by atoms with van der Waals surface area (Å²) in [6.45, 7) is 3.72. The summed E-state index contributed by atoms with van der Waals surface area (Å²) in [4.78, 5) is 13.6. The van der Waals surface area contributed by atoms with Crippen LogP contribution < -0.4 is 19.7 Å². The van der Waals surface area contributed by atoms with E-state index in [2.05, 4.69) is 11.4 Å². The first-order valence-electron chi connectivity index (χ1n) is 8.58. The Labute approximate surface area is 152 Å². The van der Waals surface area contributed by atoms with Crippen molar-refractivity contribution in [3.05, 3.63) is 53.6 Å². The number of benzene rings is 2. The number of carbonyl (C=O) groups is 1. The molecule has 2 aromatic rings. The molecule has 0 fully saturated rings. The minimum absolute atomic E-state index is 0.0650. The number of nitrogens with zero attached hydrogens (tertiary/aromatic N) is 1. The lowest BCUT2D eigenvalue weighted by Gasteiger charge is -2.23. The van der Waals surface area contributed by atoms with Crippen LogP contribution in [0.1, 0.15) is 18.1 Å². The third-order valence-electron chi connectivity index (χ3n) is 4.50. The summed E-state index contributed by atoms with van der Waals surface area (Å²) in [7, 11) is 1.99. The molecule has 1 aliphatic rings. The van der Waals surface area contributed by atoms with Crippen LogP contribution in [0.4, 0.5) is 5.69 Å². The quantitative estimate of drug-likeness (QED) is 0.852. The molecule has 6 heteroatoms. The van der Waals surface area contributed by atoms with Gasteiger partial charge in [-0.15, -0.1) is 0 Å². The Hall–Kier alpha value is -3.04. The molecule has 2 atom stereocenters. The van der Waals surface area contributed by atoms with Gasteiger partial charge in [0.2, 0.25) is 0 Å². The van der Waals surface area contributed by atoms with Gasteiger partial charge < -0.3 is 19.7 Å². The van der Waals surface area contributed by atoms with Gasteiger partial charge >= 0.3 is 0 Å². The molecule has 0 aliphatic carbocycles. The maximum atomic E-state index is 12.5. The monoisotopic (exact) mass is 352 g/mol. The molecule has 1 heterocycles. The SMILES string of the molecule is C[C@H](C(=O)Nc1ccc(C#N)cc1)[NH+](C)Cc1ccc2c(c1)OCCO2. The second-order valence-corrected chi connectivity index (χ2v) is 6.40. The Balaban J connectivity index is 1.60. The fourth-order valence-electron chi connectivity index (χ4n) is 2.78. The van der Waals surface area contributed by atoms with E-state index in [9.17, 15) is 4.79 Å². The third-order valence-corrected chi connectivity index (χ3v) is 4.50. The minimum Gasteiger partial charge on any atom is -0.486 e. The molecule has 3 rings (SSSR count). The van der Waals surface area contributed by atoms with Gasteiger partial charge in [0, 0.05) is 11.3 Å². The van der Waals surface area contributed by atoms with E-state index in [4.69, 9.17) is 14.7 Å². The highest BCUT2D eigenvalue weighted by Crippen LogP contribution is 2.30. The molecule has 0 saturated carbocycles. The summed E-state index contributed by atoms with van der Waals surface area (Å²) >= 11 is 0. The Morgan fingerprint density at radius 2 is 1.88 bits per heavy atom. The Morgan fingerprint density at radius 3 is 2.58 bits per heavy atom. The molecule has 0 radical (unpaired) electrons.